The van der Waals surface area contributed by atoms with Crippen LogP contribution in [0.2, 0.25) is 0 Å². The van der Waals surface area contributed by atoms with Gasteiger partial charge in [-0.3, -0.25) is 20.1 Å². The Hall–Kier alpha value is -2.03. The molecule has 1 aliphatic heterocycles. The van der Waals surface area contributed by atoms with Crippen molar-refractivity contribution in [3.05, 3.63) is 39.9 Å². The fourth-order valence-corrected chi connectivity index (χ4v) is 2.75. The Labute approximate surface area is 134 Å². The standard InChI is InChI=1S/C15H22N4O4/c1-18-8-6-12(7-9-18)16-14(15(20)17-21)10-11-2-4-13(5-3-11)19(22)23/h2-5,12,14,16,21H,6-10H2,1H3,(H,17,20)/t14-/m0/s1. The molecule has 1 fully saturated rings. The first kappa shape index (κ1) is 17.3. The Kier molecular flexibility index (Phi) is 6.03. The molecule has 1 aliphatic rings. The van der Waals surface area contributed by atoms with Crippen LogP contribution in [-0.4, -0.2) is 53.2 Å². The zero-order valence-electron chi connectivity index (χ0n) is 13.1. The average Bonchev–Trinajstić information content (AvgIpc) is 2.56. The minimum atomic E-state index is -0.574. The number of nitro groups is 1. The summed E-state index contributed by atoms with van der Waals surface area (Å²) >= 11 is 0. The van der Waals surface area contributed by atoms with Gasteiger partial charge in [0.25, 0.3) is 11.6 Å². The second-order valence-electron chi connectivity index (χ2n) is 5.90. The van der Waals surface area contributed by atoms with Gasteiger partial charge in [-0.05, 0) is 45.0 Å². The van der Waals surface area contributed by atoms with Crippen molar-refractivity contribution < 1.29 is 14.9 Å². The lowest BCUT2D eigenvalue weighted by atomic mass is 10.0. The van der Waals surface area contributed by atoms with Crippen LogP contribution in [-0.2, 0) is 11.2 Å². The van der Waals surface area contributed by atoms with Gasteiger partial charge in [-0.15, -0.1) is 0 Å². The van der Waals surface area contributed by atoms with Gasteiger partial charge in [0.15, 0.2) is 0 Å². The molecule has 8 nitrogen and oxygen atoms in total. The van der Waals surface area contributed by atoms with Gasteiger partial charge in [0.05, 0.1) is 11.0 Å². The van der Waals surface area contributed by atoms with E-state index in [0.29, 0.717) is 6.42 Å². The van der Waals surface area contributed by atoms with E-state index in [1.54, 1.807) is 17.6 Å². The SMILES string of the molecule is CN1CCC(N[C@@H](Cc2ccc([N+](=O)[O-])cc2)C(=O)NO)CC1. The monoisotopic (exact) mass is 322 g/mol. The molecule has 3 N–H and O–H groups in total. The second-order valence-corrected chi connectivity index (χ2v) is 5.90. The van der Waals surface area contributed by atoms with Gasteiger partial charge < -0.3 is 10.2 Å². The molecular weight excluding hydrogens is 300 g/mol. The highest BCUT2D eigenvalue weighted by Gasteiger charge is 2.24. The summed E-state index contributed by atoms with van der Waals surface area (Å²) in [7, 11) is 2.06. The molecule has 0 saturated carbocycles. The molecule has 8 heteroatoms. The number of hydrogen-bond acceptors (Lipinski definition) is 6. The Morgan fingerprint density at radius 3 is 2.52 bits per heavy atom. The van der Waals surface area contributed by atoms with Crippen molar-refractivity contribution in [3.63, 3.8) is 0 Å². The van der Waals surface area contributed by atoms with E-state index in [-0.39, 0.29) is 11.7 Å². The van der Waals surface area contributed by atoms with Crippen molar-refractivity contribution in [2.45, 2.75) is 31.3 Å². The molecule has 1 heterocycles. The number of hydroxylamine groups is 1. The number of nitrogens with zero attached hydrogens (tertiary/aromatic N) is 2. The molecular formula is C15H22N4O4. The molecule has 126 valence electrons. The van der Waals surface area contributed by atoms with Crippen molar-refractivity contribution >= 4 is 11.6 Å². The van der Waals surface area contributed by atoms with Crippen molar-refractivity contribution in [3.8, 4) is 0 Å². The number of nitro benzene ring substituents is 1. The molecule has 0 aliphatic carbocycles. The molecule has 0 radical (unpaired) electrons. The van der Waals surface area contributed by atoms with Crippen LogP contribution in [0.25, 0.3) is 0 Å². The van der Waals surface area contributed by atoms with Crippen LogP contribution in [0.5, 0.6) is 0 Å². The molecule has 1 atom stereocenters. The second kappa shape index (κ2) is 8.00. The largest absolute Gasteiger partial charge is 0.306 e. The Balaban J connectivity index is 2.00. The lowest BCUT2D eigenvalue weighted by Crippen LogP contribution is -2.51. The topological polar surface area (TPSA) is 108 Å². The number of benzene rings is 1. The number of likely N-dealkylation sites (tertiary alicyclic amines) is 1. The summed E-state index contributed by atoms with van der Waals surface area (Å²) in [5.41, 5.74) is 2.50. The maximum absolute atomic E-state index is 11.9. The van der Waals surface area contributed by atoms with Crippen molar-refractivity contribution in [2.24, 2.45) is 0 Å². The van der Waals surface area contributed by atoms with E-state index >= 15 is 0 Å². The summed E-state index contributed by atoms with van der Waals surface area (Å²) < 4.78 is 0. The van der Waals surface area contributed by atoms with Gasteiger partial charge in [0.1, 0.15) is 0 Å². The third-order valence-corrected chi connectivity index (χ3v) is 4.17. The van der Waals surface area contributed by atoms with Gasteiger partial charge in [0, 0.05) is 18.2 Å². The van der Waals surface area contributed by atoms with Gasteiger partial charge in [-0.2, -0.15) is 0 Å². The number of carbonyl (C=O) groups is 1. The molecule has 0 unspecified atom stereocenters. The highest BCUT2D eigenvalue weighted by Crippen LogP contribution is 2.15. The summed E-state index contributed by atoms with van der Waals surface area (Å²) in [6.07, 6.45) is 2.23. The number of hydrogen-bond donors (Lipinski definition) is 3. The molecule has 1 aromatic rings. The average molecular weight is 322 g/mol. The summed E-state index contributed by atoms with van der Waals surface area (Å²) in [6.45, 7) is 1.92. The first-order chi connectivity index (χ1) is 11.0. The molecule has 1 aromatic carbocycles. The first-order valence-electron chi connectivity index (χ1n) is 7.61. The quantitative estimate of drug-likeness (QED) is 0.404. The van der Waals surface area contributed by atoms with Crippen LogP contribution in [0.1, 0.15) is 18.4 Å². The molecule has 0 spiro atoms. The van der Waals surface area contributed by atoms with Crippen molar-refractivity contribution in [1.82, 2.24) is 15.7 Å². The maximum Gasteiger partial charge on any atom is 0.269 e. The van der Waals surface area contributed by atoms with Crippen molar-refractivity contribution in [2.75, 3.05) is 20.1 Å². The van der Waals surface area contributed by atoms with Crippen LogP contribution < -0.4 is 10.8 Å². The van der Waals surface area contributed by atoms with Crippen LogP contribution in [0.15, 0.2) is 24.3 Å². The molecule has 1 saturated heterocycles. The van der Waals surface area contributed by atoms with Gasteiger partial charge >= 0.3 is 0 Å². The minimum Gasteiger partial charge on any atom is -0.306 e. The van der Waals surface area contributed by atoms with Crippen LogP contribution in [0, 0.1) is 10.1 Å². The van der Waals surface area contributed by atoms with E-state index in [9.17, 15) is 14.9 Å². The molecule has 0 aromatic heterocycles. The third kappa shape index (κ3) is 4.98. The maximum atomic E-state index is 11.9. The van der Waals surface area contributed by atoms with E-state index in [1.165, 1.54) is 12.1 Å². The van der Waals surface area contributed by atoms with E-state index in [2.05, 4.69) is 17.3 Å². The Bertz CT molecular complexity index is 541. The van der Waals surface area contributed by atoms with E-state index < -0.39 is 16.9 Å². The number of nitrogens with one attached hydrogen (secondary N) is 2. The number of amides is 1. The zero-order chi connectivity index (χ0) is 16.8. The lowest BCUT2D eigenvalue weighted by molar-refractivity contribution is -0.384. The third-order valence-electron chi connectivity index (χ3n) is 4.17. The van der Waals surface area contributed by atoms with Crippen LogP contribution in [0.3, 0.4) is 0 Å². The highest BCUT2D eigenvalue weighted by molar-refractivity contribution is 5.81. The van der Waals surface area contributed by atoms with Gasteiger partial charge in [-0.1, -0.05) is 12.1 Å². The summed E-state index contributed by atoms with van der Waals surface area (Å²) in [5.74, 6) is -0.498. The normalized spacial score (nSPS) is 17.7. The van der Waals surface area contributed by atoms with Gasteiger partial charge in [0.2, 0.25) is 0 Å². The fraction of sp³-hybridized carbons (Fsp3) is 0.533. The minimum absolute atomic E-state index is 0.0141. The fourth-order valence-electron chi connectivity index (χ4n) is 2.75. The number of rotatable bonds is 6. The molecule has 2 rings (SSSR count). The zero-order valence-corrected chi connectivity index (χ0v) is 13.1. The number of non-ortho nitro benzene ring substituents is 1. The molecule has 1 amide bonds. The van der Waals surface area contributed by atoms with E-state index in [4.69, 9.17) is 5.21 Å². The Morgan fingerprint density at radius 2 is 2.00 bits per heavy atom. The number of piperidine rings is 1. The number of carbonyl (C=O) groups excluding carboxylic acids is 1. The smallest absolute Gasteiger partial charge is 0.269 e. The summed E-state index contributed by atoms with van der Waals surface area (Å²) in [5, 5.41) is 22.9. The van der Waals surface area contributed by atoms with Crippen LogP contribution >= 0.6 is 0 Å². The summed E-state index contributed by atoms with van der Waals surface area (Å²) in [6, 6.07) is 5.73. The van der Waals surface area contributed by atoms with E-state index in [1.807, 2.05) is 0 Å². The predicted molar refractivity (Wildman–Crippen MR) is 84.2 cm³/mol. The molecule has 23 heavy (non-hydrogen) atoms. The predicted octanol–water partition coefficient (Wildman–Crippen LogP) is 0.695. The van der Waals surface area contributed by atoms with Crippen molar-refractivity contribution in [1.29, 1.82) is 0 Å². The summed E-state index contributed by atoms with van der Waals surface area (Å²) in [4.78, 5) is 24.3. The van der Waals surface area contributed by atoms with Crippen LogP contribution in [0.4, 0.5) is 5.69 Å². The van der Waals surface area contributed by atoms with Gasteiger partial charge in [-0.25, -0.2) is 5.48 Å². The highest BCUT2D eigenvalue weighted by atomic mass is 16.6. The first-order valence-corrected chi connectivity index (χ1v) is 7.61. The Morgan fingerprint density at radius 1 is 1.39 bits per heavy atom. The molecule has 0 bridgehead atoms. The van der Waals surface area contributed by atoms with E-state index in [0.717, 1.165) is 31.5 Å². The lowest BCUT2D eigenvalue weighted by Gasteiger charge is -2.32.